The predicted molar refractivity (Wildman–Crippen MR) is 122 cm³/mol. The number of halogens is 2. The van der Waals surface area contributed by atoms with E-state index in [0.29, 0.717) is 5.56 Å². The summed E-state index contributed by atoms with van der Waals surface area (Å²) in [6, 6.07) is 19.7. The van der Waals surface area contributed by atoms with Crippen LogP contribution in [0.1, 0.15) is 22.6 Å². The fourth-order valence-corrected chi connectivity index (χ4v) is 6.18. The van der Waals surface area contributed by atoms with Gasteiger partial charge in [-0.05, 0) is 35.9 Å². The SMILES string of the molecule is N#CC1=C(N)OC2=C(C1c1cccc(F)c1)S(=O)(=O)N(Cc1ccccc1F)c1ccccc12. The topological polar surface area (TPSA) is 96.4 Å². The van der Waals surface area contributed by atoms with Crippen molar-refractivity contribution in [1.82, 2.24) is 0 Å². The van der Waals surface area contributed by atoms with Crippen LogP contribution in [-0.4, -0.2) is 8.42 Å². The largest absolute Gasteiger partial charge is 0.439 e. The summed E-state index contributed by atoms with van der Waals surface area (Å²) in [5, 5.41) is 9.81. The fraction of sp³-hybridized carbons (Fsp3) is 0.0800. The minimum Gasteiger partial charge on any atom is -0.439 e. The summed E-state index contributed by atoms with van der Waals surface area (Å²) >= 11 is 0. The highest BCUT2D eigenvalue weighted by molar-refractivity contribution is 7.96. The zero-order valence-corrected chi connectivity index (χ0v) is 18.4. The molecule has 0 saturated carbocycles. The van der Waals surface area contributed by atoms with Gasteiger partial charge in [-0.2, -0.15) is 5.26 Å². The van der Waals surface area contributed by atoms with Crippen LogP contribution in [0, 0.1) is 23.0 Å². The van der Waals surface area contributed by atoms with E-state index in [9.17, 15) is 22.5 Å². The van der Waals surface area contributed by atoms with Crippen molar-refractivity contribution in [2.45, 2.75) is 12.5 Å². The summed E-state index contributed by atoms with van der Waals surface area (Å²) in [4.78, 5) is -0.251. The molecule has 0 fully saturated rings. The smallest absolute Gasteiger partial charge is 0.265 e. The number of anilines is 1. The molecule has 6 nitrogen and oxygen atoms in total. The van der Waals surface area contributed by atoms with Crippen molar-refractivity contribution in [3.05, 3.63) is 117 Å². The summed E-state index contributed by atoms with van der Waals surface area (Å²) < 4.78 is 63.5. The average molecular weight is 477 g/mol. The van der Waals surface area contributed by atoms with Crippen LogP contribution in [0.3, 0.4) is 0 Å². The van der Waals surface area contributed by atoms with Gasteiger partial charge in [0.1, 0.15) is 28.2 Å². The van der Waals surface area contributed by atoms with Gasteiger partial charge in [-0.25, -0.2) is 17.2 Å². The molecule has 2 aliphatic heterocycles. The summed E-state index contributed by atoms with van der Waals surface area (Å²) in [5.41, 5.74) is 6.95. The lowest BCUT2D eigenvalue weighted by atomic mass is 9.88. The van der Waals surface area contributed by atoms with Gasteiger partial charge in [0.05, 0.1) is 18.2 Å². The maximum Gasteiger partial charge on any atom is 0.265 e. The molecule has 0 radical (unpaired) electrons. The lowest BCUT2D eigenvalue weighted by Gasteiger charge is -2.38. The average Bonchev–Trinajstić information content (AvgIpc) is 2.82. The molecule has 1 atom stereocenters. The monoisotopic (exact) mass is 477 g/mol. The van der Waals surface area contributed by atoms with Crippen molar-refractivity contribution in [3.63, 3.8) is 0 Å². The van der Waals surface area contributed by atoms with E-state index in [4.69, 9.17) is 10.5 Å². The molecule has 3 aromatic rings. The number of hydrogen-bond donors (Lipinski definition) is 1. The third kappa shape index (κ3) is 3.31. The summed E-state index contributed by atoms with van der Waals surface area (Å²) in [7, 11) is -4.37. The number of rotatable bonds is 3. The molecule has 2 heterocycles. The van der Waals surface area contributed by atoms with E-state index in [1.807, 2.05) is 6.07 Å². The van der Waals surface area contributed by atoms with E-state index in [-0.39, 0.29) is 45.5 Å². The number of ether oxygens (including phenoxy) is 1. The Balaban J connectivity index is 1.78. The maximum atomic E-state index is 14.5. The Bertz CT molecular complexity index is 1540. The predicted octanol–water partition coefficient (Wildman–Crippen LogP) is 4.49. The fourth-order valence-electron chi connectivity index (χ4n) is 4.28. The summed E-state index contributed by atoms with van der Waals surface area (Å²) in [6.45, 7) is -0.292. The van der Waals surface area contributed by atoms with Gasteiger partial charge in [0.25, 0.3) is 10.0 Å². The summed E-state index contributed by atoms with van der Waals surface area (Å²) in [5.74, 6) is -2.66. The van der Waals surface area contributed by atoms with Crippen molar-refractivity contribution < 1.29 is 21.9 Å². The lowest BCUT2D eigenvalue weighted by molar-refractivity contribution is 0.357. The van der Waals surface area contributed by atoms with Gasteiger partial charge in [-0.1, -0.05) is 42.5 Å². The zero-order chi connectivity index (χ0) is 24.0. The number of nitriles is 1. The molecule has 9 heteroatoms. The second-order valence-electron chi connectivity index (χ2n) is 7.79. The van der Waals surface area contributed by atoms with Gasteiger partial charge in [0, 0.05) is 11.1 Å². The number of nitrogens with two attached hydrogens (primary N) is 1. The Kier molecular flexibility index (Phi) is 5.10. The molecule has 2 aliphatic rings. The molecule has 2 N–H and O–H groups in total. The van der Waals surface area contributed by atoms with Crippen LogP contribution in [0.2, 0.25) is 0 Å². The highest BCUT2D eigenvalue weighted by Gasteiger charge is 2.47. The molecule has 5 rings (SSSR count). The first kappa shape index (κ1) is 21.7. The molecule has 34 heavy (non-hydrogen) atoms. The van der Waals surface area contributed by atoms with E-state index in [1.165, 1.54) is 36.4 Å². The Morgan fingerprint density at radius 2 is 1.76 bits per heavy atom. The third-order valence-corrected chi connectivity index (χ3v) is 7.69. The van der Waals surface area contributed by atoms with Crippen LogP contribution in [0.5, 0.6) is 0 Å². The number of nitrogens with zero attached hydrogens (tertiary/aromatic N) is 2. The molecule has 0 bridgehead atoms. The van der Waals surface area contributed by atoms with Crippen LogP contribution < -0.4 is 10.0 Å². The molecule has 0 aromatic heterocycles. The number of benzene rings is 3. The van der Waals surface area contributed by atoms with Crippen molar-refractivity contribution in [1.29, 1.82) is 5.26 Å². The van der Waals surface area contributed by atoms with Crippen LogP contribution in [0.4, 0.5) is 14.5 Å². The molecule has 0 amide bonds. The van der Waals surface area contributed by atoms with Gasteiger partial charge in [0.15, 0.2) is 5.76 Å². The maximum absolute atomic E-state index is 14.5. The highest BCUT2D eigenvalue weighted by Crippen LogP contribution is 2.51. The van der Waals surface area contributed by atoms with Crippen molar-refractivity contribution in [2.75, 3.05) is 4.31 Å². The van der Waals surface area contributed by atoms with Crippen molar-refractivity contribution >= 4 is 21.5 Å². The second-order valence-corrected chi connectivity index (χ2v) is 9.62. The van der Waals surface area contributed by atoms with Gasteiger partial charge in [-0.3, -0.25) is 4.31 Å². The minimum atomic E-state index is -4.37. The van der Waals surface area contributed by atoms with Crippen LogP contribution in [0.25, 0.3) is 5.76 Å². The number of sulfonamides is 1. The third-order valence-electron chi connectivity index (χ3n) is 5.81. The van der Waals surface area contributed by atoms with Gasteiger partial charge in [0.2, 0.25) is 5.88 Å². The first-order chi connectivity index (χ1) is 16.3. The van der Waals surface area contributed by atoms with Crippen molar-refractivity contribution in [3.8, 4) is 6.07 Å². The van der Waals surface area contributed by atoms with Crippen LogP contribution in [0.15, 0.2) is 89.2 Å². The zero-order valence-electron chi connectivity index (χ0n) is 17.6. The Labute approximate surface area is 194 Å². The second kappa shape index (κ2) is 8.01. The van der Waals surface area contributed by atoms with Gasteiger partial charge < -0.3 is 10.5 Å². The molecular formula is C25H17F2N3O3S. The highest BCUT2D eigenvalue weighted by atomic mass is 32.2. The molecule has 1 unspecified atom stereocenters. The first-order valence-corrected chi connectivity index (χ1v) is 11.7. The quantitative estimate of drug-likeness (QED) is 0.600. The molecule has 0 spiro atoms. The van der Waals surface area contributed by atoms with Crippen LogP contribution in [-0.2, 0) is 21.3 Å². The molecule has 0 saturated heterocycles. The first-order valence-electron chi connectivity index (χ1n) is 10.3. The normalized spacial score (nSPS) is 18.6. The van der Waals surface area contributed by atoms with E-state index < -0.39 is 27.6 Å². The Morgan fingerprint density at radius 3 is 2.50 bits per heavy atom. The Hall–Kier alpha value is -4.16. The Morgan fingerprint density at radius 1 is 1.03 bits per heavy atom. The standard InChI is InChI=1S/C25H17F2N3O3S/c26-17-8-5-7-15(12-17)22-19(13-28)25(29)33-23-18-9-2-4-11-21(18)30(34(31,32)24(22)23)14-16-6-1-3-10-20(16)27/h1-12,22H,14,29H2. The van der Waals surface area contributed by atoms with E-state index >= 15 is 0 Å². The molecule has 3 aromatic carbocycles. The number of fused-ring (bicyclic) bond motifs is 2. The molecule has 0 aliphatic carbocycles. The lowest BCUT2D eigenvalue weighted by Crippen LogP contribution is -2.39. The van der Waals surface area contributed by atoms with Crippen LogP contribution >= 0.6 is 0 Å². The minimum absolute atomic E-state index is 0.0360. The number of allylic oxidation sites excluding steroid dienone is 2. The van der Waals surface area contributed by atoms with E-state index in [0.717, 1.165) is 10.4 Å². The van der Waals surface area contributed by atoms with Gasteiger partial charge in [-0.15, -0.1) is 0 Å². The van der Waals surface area contributed by atoms with E-state index in [1.54, 1.807) is 30.3 Å². The van der Waals surface area contributed by atoms with E-state index in [2.05, 4.69) is 0 Å². The van der Waals surface area contributed by atoms with Crippen molar-refractivity contribution in [2.24, 2.45) is 5.73 Å². The van der Waals surface area contributed by atoms with Gasteiger partial charge >= 0.3 is 0 Å². The molecular weight excluding hydrogens is 460 g/mol. The number of hydrogen-bond acceptors (Lipinski definition) is 5. The molecule has 170 valence electrons. The summed E-state index contributed by atoms with van der Waals surface area (Å²) in [6.07, 6.45) is 0. The number of para-hydroxylation sites is 1.